The van der Waals surface area contributed by atoms with Gasteiger partial charge in [0.25, 0.3) is 5.91 Å². The number of aliphatic hydroxyl groups excluding tert-OH is 1. The predicted octanol–water partition coefficient (Wildman–Crippen LogP) is 1.29. The van der Waals surface area contributed by atoms with Crippen molar-refractivity contribution in [3.8, 4) is 11.8 Å². The molecule has 3 atom stereocenters. The highest BCUT2D eigenvalue weighted by Gasteiger charge is 2.59. The fourth-order valence-corrected chi connectivity index (χ4v) is 4.72. The number of aliphatic hydroxyl groups is 1. The molecule has 160 valence electrons. The smallest absolute Gasteiger partial charge is 0.254 e. The van der Waals surface area contributed by atoms with Crippen molar-refractivity contribution in [2.24, 2.45) is 0 Å². The van der Waals surface area contributed by atoms with Gasteiger partial charge in [0.2, 0.25) is 5.91 Å². The molecule has 31 heavy (non-hydrogen) atoms. The number of nitrogens with one attached hydrogen (secondary N) is 1. The third kappa shape index (κ3) is 3.05. The van der Waals surface area contributed by atoms with Crippen LogP contribution in [-0.4, -0.2) is 66.6 Å². The molecule has 0 saturated carbocycles. The molecule has 8 heteroatoms. The summed E-state index contributed by atoms with van der Waals surface area (Å²) in [7, 11) is 4.82. The monoisotopic (exact) mass is 420 g/mol. The van der Waals surface area contributed by atoms with E-state index in [4.69, 9.17) is 4.74 Å². The molecule has 1 saturated heterocycles. The second-order valence-electron chi connectivity index (χ2n) is 8.03. The first-order valence-electron chi connectivity index (χ1n) is 10.00. The molecule has 0 bridgehead atoms. The molecule has 2 aromatic rings. The van der Waals surface area contributed by atoms with Gasteiger partial charge in [0.1, 0.15) is 5.75 Å². The Labute approximate surface area is 180 Å². The van der Waals surface area contributed by atoms with Gasteiger partial charge in [-0.3, -0.25) is 14.5 Å². The van der Waals surface area contributed by atoms with Crippen LogP contribution in [0.1, 0.15) is 23.1 Å². The van der Waals surface area contributed by atoms with E-state index in [-0.39, 0.29) is 24.8 Å². The number of carbonyl (C=O) groups is 2. The Balaban J connectivity index is 2.04. The lowest BCUT2D eigenvalue weighted by molar-refractivity contribution is -0.138. The zero-order valence-electron chi connectivity index (χ0n) is 17.6. The fourth-order valence-electron chi connectivity index (χ4n) is 4.72. The number of rotatable bonds is 4. The lowest BCUT2D eigenvalue weighted by atomic mass is 9.80. The second kappa shape index (κ2) is 7.69. The Morgan fingerprint density at radius 3 is 2.71 bits per heavy atom. The molecule has 4 rings (SSSR count). The maximum Gasteiger partial charge on any atom is 0.254 e. The maximum absolute atomic E-state index is 13.8. The molecule has 8 nitrogen and oxygen atoms in total. The summed E-state index contributed by atoms with van der Waals surface area (Å²) in [5.41, 5.74) is 0.626. The minimum Gasteiger partial charge on any atom is -0.496 e. The Morgan fingerprint density at radius 1 is 1.29 bits per heavy atom. The standard InChI is InChI=1S/C23H24N4O4/c1-26(2)21(29)19-11-15(28)13-27(19)23(16-6-4-5-7-20(16)31-3)17-10-14(12-24)8-9-18(17)25-22(23)30/h4-10,15,19,28H,11,13H2,1-3H3,(H,25,30). The molecule has 2 N–H and O–H groups in total. The topological polar surface area (TPSA) is 106 Å². The average molecular weight is 420 g/mol. The first kappa shape index (κ1) is 20.8. The number of carbonyl (C=O) groups excluding carboxylic acids is 2. The van der Waals surface area contributed by atoms with Crippen molar-refractivity contribution in [1.82, 2.24) is 9.80 Å². The number of methoxy groups -OCH3 is 1. The number of fused-ring (bicyclic) bond motifs is 1. The fraction of sp³-hybridized carbons (Fsp3) is 0.348. The molecule has 2 heterocycles. The molecule has 2 aromatic carbocycles. The van der Waals surface area contributed by atoms with Gasteiger partial charge in [0.15, 0.2) is 5.54 Å². The molecule has 3 unspecified atom stereocenters. The van der Waals surface area contributed by atoms with Crippen molar-refractivity contribution in [2.45, 2.75) is 24.1 Å². The molecule has 0 radical (unpaired) electrons. The lowest BCUT2D eigenvalue weighted by Crippen LogP contribution is -2.57. The number of likely N-dealkylation sites (N-methyl/N-ethyl adjacent to an activating group) is 1. The number of para-hydroxylation sites is 1. The molecule has 0 aromatic heterocycles. The van der Waals surface area contributed by atoms with Gasteiger partial charge in [-0.05, 0) is 30.7 Å². The highest BCUT2D eigenvalue weighted by molar-refractivity contribution is 6.09. The van der Waals surface area contributed by atoms with Crippen molar-refractivity contribution < 1.29 is 19.4 Å². The summed E-state index contributed by atoms with van der Waals surface area (Å²) in [6.45, 7) is 0.117. The highest BCUT2D eigenvalue weighted by atomic mass is 16.5. The van der Waals surface area contributed by atoms with E-state index in [1.54, 1.807) is 61.5 Å². The zero-order chi connectivity index (χ0) is 22.3. The molecule has 2 amide bonds. The van der Waals surface area contributed by atoms with Crippen LogP contribution >= 0.6 is 0 Å². The van der Waals surface area contributed by atoms with E-state index < -0.39 is 17.7 Å². The summed E-state index contributed by atoms with van der Waals surface area (Å²) in [6.07, 6.45) is -0.578. The van der Waals surface area contributed by atoms with Crippen LogP contribution in [-0.2, 0) is 15.1 Å². The van der Waals surface area contributed by atoms with Crippen LogP contribution in [0.4, 0.5) is 5.69 Å². The number of ether oxygens (including phenoxy) is 1. The molecular formula is C23H24N4O4. The number of benzene rings is 2. The minimum atomic E-state index is -1.44. The molecular weight excluding hydrogens is 396 g/mol. The number of anilines is 1. The Bertz CT molecular complexity index is 1090. The van der Waals surface area contributed by atoms with E-state index in [1.165, 1.54) is 12.0 Å². The Morgan fingerprint density at radius 2 is 2.03 bits per heavy atom. The van der Waals surface area contributed by atoms with Crippen molar-refractivity contribution in [3.63, 3.8) is 0 Å². The van der Waals surface area contributed by atoms with E-state index in [2.05, 4.69) is 11.4 Å². The molecule has 2 aliphatic heterocycles. The van der Waals surface area contributed by atoms with Crippen LogP contribution < -0.4 is 10.1 Å². The van der Waals surface area contributed by atoms with E-state index in [1.807, 2.05) is 0 Å². The summed E-state index contributed by atoms with van der Waals surface area (Å²) in [5.74, 6) is -0.0819. The first-order chi connectivity index (χ1) is 14.8. The lowest BCUT2D eigenvalue weighted by Gasteiger charge is -2.41. The average Bonchev–Trinajstić information content (AvgIpc) is 3.29. The van der Waals surface area contributed by atoms with Gasteiger partial charge in [-0.1, -0.05) is 18.2 Å². The van der Waals surface area contributed by atoms with Gasteiger partial charge >= 0.3 is 0 Å². The number of hydrogen-bond acceptors (Lipinski definition) is 6. The first-order valence-corrected chi connectivity index (χ1v) is 10.00. The van der Waals surface area contributed by atoms with E-state index in [0.717, 1.165) is 0 Å². The van der Waals surface area contributed by atoms with Crippen LogP contribution in [0.2, 0.25) is 0 Å². The van der Waals surface area contributed by atoms with Crippen LogP contribution in [0.3, 0.4) is 0 Å². The minimum absolute atomic E-state index is 0.117. The quantitative estimate of drug-likeness (QED) is 0.772. The SMILES string of the molecule is COc1ccccc1C1(N2CC(O)CC2C(=O)N(C)C)C(=O)Nc2ccc(C#N)cc21. The Hall–Kier alpha value is -3.41. The van der Waals surface area contributed by atoms with E-state index >= 15 is 0 Å². The molecule has 0 aliphatic carbocycles. The van der Waals surface area contributed by atoms with Crippen molar-refractivity contribution >= 4 is 17.5 Å². The highest BCUT2D eigenvalue weighted by Crippen LogP contribution is 2.51. The molecule has 1 fully saturated rings. The molecule has 0 spiro atoms. The number of hydrogen-bond donors (Lipinski definition) is 2. The maximum atomic E-state index is 13.8. The van der Waals surface area contributed by atoms with Gasteiger partial charge in [0, 0.05) is 37.5 Å². The number of amides is 2. The number of nitriles is 1. The van der Waals surface area contributed by atoms with Crippen molar-refractivity contribution in [1.29, 1.82) is 5.26 Å². The van der Waals surface area contributed by atoms with E-state index in [0.29, 0.717) is 28.1 Å². The third-order valence-corrected chi connectivity index (χ3v) is 6.05. The molecule has 2 aliphatic rings. The van der Waals surface area contributed by atoms with Crippen LogP contribution in [0.15, 0.2) is 42.5 Å². The predicted molar refractivity (Wildman–Crippen MR) is 113 cm³/mol. The summed E-state index contributed by atoms with van der Waals surface area (Å²) < 4.78 is 5.60. The van der Waals surface area contributed by atoms with Gasteiger partial charge in [-0.15, -0.1) is 0 Å². The van der Waals surface area contributed by atoms with Crippen molar-refractivity contribution in [3.05, 3.63) is 59.2 Å². The van der Waals surface area contributed by atoms with Crippen molar-refractivity contribution in [2.75, 3.05) is 33.1 Å². The van der Waals surface area contributed by atoms with Gasteiger partial charge < -0.3 is 20.1 Å². The van der Waals surface area contributed by atoms with Crippen LogP contribution in [0.25, 0.3) is 0 Å². The van der Waals surface area contributed by atoms with E-state index in [9.17, 15) is 20.0 Å². The largest absolute Gasteiger partial charge is 0.496 e. The number of nitrogens with zero attached hydrogens (tertiary/aromatic N) is 3. The number of likely N-dealkylation sites (tertiary alicyclic amines) is 1. The Kier molecular flexibility index (Phi) is 5.17. The van der Waals surface area contributed by atoms with Crippen LogP contribution in [0, 0.1) is 11.3 Å². The van der Waals surface area contributed by atoms with Gasteiger partial charge in [-0.25, -0.2) is 0 Å². The summed E-state index contributed by atoms with van der Waals surface area (Å²) in [6, 6.07) is 13.5. The summed E-state index contributed by atoms with van der Waals surface area (Å²) in [5, 5.41) is 23.0. The zero-order valence-corrected chi connectivity index (χ0v) is 17.6. The van der Waals surface area contributed by atoms with Crippen LogP contribution in [0.5, 0.6) is 5.75 Å². The second-order valence-corrected chi connectivity index (χ2v) is 8.03. The normalized spacial score (nSPS) is 24.9. The summed E-state index contributed by atoms with van der Waals surface area (Å²) >= 11 is 0. The van der Waals surface area contributed by atoms with Gasteiger partial charge in [-0.2, -0.15) is 5.26 Å². The summed E-state index contributed by atoms with van der Waals surface area (Å²) in [4.78, 5) is 30.1. The number of β-amino-alcohol motifs (C(OH)–C–C–N with tert-alkyl or cyclic N) is 1. The van der Waals surface area contributed by atoms with Gasteiger partial charge in [0.05, 0.1) is 30.9 Å². The third-order valence-electron chi connectivity index (χ3n) is 6.05.